The summed E-state index contributed by atoms with van der Waals surface area (Å²) in [5.41, 5.74) is 0.499. The van der Waals surface area contributed by atoms with Gasteiger partial charge in [0.25, 0.3) is 5.22 Å². The van der Waals surface area contributed by atoms with Crippen LogP contribution < -0.4 is 5.32 Å². The van der Waals surface area contributed by atoms with E-state index in [1.54, 1.807) is 11.8 Å². The highest BCUT2D eigenvalue weighted by Gasteiger charge is 2.24. The largest absolute Gasteiger partial charge is 0.444 e. The van der Waals surface area contributed by atoms with E-state index < -0.39 is 11.7 Å². The Morgan fingerprint density at radius 1 is 1.37 bits per heavy atom. The smallest absolute Gasteiger partial charge is 0.408 e. The molecule has 9 heteroatoms. The van der Waals surface area contributed by atoms with Gasteiger partial charge in [0.05, 0.1) is 0 Å². The van der Waals surface area contributed by atoms with Gasteiger partial charge >= 0.3 is 6.09 Å². The summed E-state index contributed by atoms with van der Waals surface area (Å²) in [7, 11) is 0. The van der Waals surface area contributed by atoms with Crippen molar-refractivity contribution in [2.24, 2.45) is 0 Å². The maximum absolute atomic E-state index is 12.1. The summed E-state index contributed by atoms with van der Waals surface area (Å²) in [5, 5.41) is 12.1. The van der Waals surface area contributed by atoms with Gasteiger partial charge in [-0.1, -0.05) is 35.5 Å². The quantitative estimate of drug-likeness (QED) is 0.568. The molecule has 1 N–H and O–H groups in total. The molecule has 2 aromatic rings. The van der Waals surface area contributed by atoms with E-state index in [1.165, 1.54) is 11.8 Å². The van der Waals surface area contributed by atoms with Gasteiger partial charge in [0, 0.05) is 10.8 Å². The number of hydrogen-bond donors (Lipinski definition) is 1. The van der Waals surface area contributed by atoms with Crippen LogP contribution in [-0.4, -0.2) is 33.9 Å². The molecule has 0 radical (unpaired) electrons. The minimum absolute atomic E-state index is 0.378. The molecule has 1 heterocycles. The van der Waals surface area contributed by atoms with Crippen molar-refractivity contribution in [1.29, 1.82) is 0 Å². The number of aromatic nitrogens is 2. The van der Waals surface area contributed by atoms with E-state index in [9.17, 15) is 4.79 Å². The van der Waals surface area contributed by atoms with E-state index in [0.29, 0.717) is 28.3 Å². The fourth-order valence-corrected chi connectivity index (χ4v) is 3.53. The fraction of sp³-hybridized carbons (Fsp3) is 0.500. The highest BCUT2D eigenvalue weighted by Crippen LogP contribution is 2.26. The van der Waals surface area contributed by atoms with Crippen LogP contribution in [0.15, 0.2) is 33.9 Å². The Kier molecular flexibility index (Phi) is 8.31. The molecule has 0 aliphatic carbocycles. The van der Waals surface area contributed by atoms with Gasteiger partial charge in [0.2, 0.25) is 5.89 Å². The van der Waals surface area contributed by atoms with Crippen LogP contribution in [-0.2, 0) is 10.5 Å². The molecule has 6 nitrogen and oxygen atoms in total. The lowest BCUT2D eigenvalue weighted by molar-refractivity contribution is 0.0493. The second-order valence-corrected chi connectivity index (χ2v) is 9.15. The molecule has 148 valence electrons. The van der Waals surface area contributed by atoms with Crippen molar-refractivity contribution in [2.75, 3.05) is 12.0 Å². The molecule has 0 aliphatic rings. The number of halogens is 1. The molecule has 1 atom stereocenters. The minimum Gasteiger partial charge on any atom is -0.444 e. The third-order valence-electron chi connectivity index (χ3n) is 3.27. The number of thioether (sulfide) groups is 2. The Labute approximate surface area is 173 Å². The van der Waals surface area contributed by atoms with E-state index >= 15 is 0 Å². The molecule has 0 spiro atoms. The lowest BCUT2D eigenvalue weighted by Crippen LogP contribution is -2.35. The molecule has 0 saturated carbocycles. The zero-order valence-corrected chi connectivity index (χ0v) is 18.2. The van der Waals surface area contributed by atoms with Gasteiger partial charge in [-0.25, -0.2) is 4.79 Å². The number of rotatable bonds is 8. The molecular formula is C18H24ClN3O3S2. The number of carbonyl (C=O) groups is 1. The standard InChI is InChI=1S/C18H24ClN3O3S2/c1-18(2,3)25-16(23)20-14(8-9-26-4)15-21-22-17(24-15)27-11-12-6-5-7-13(19)10-12/h5-7,10,14H,8-9,11H2,1-4H3,(H,20,23). The van der Waals surface area contributed by atoms with Gasteiger partial charge in [-0.15, -0.1) is 10.2 Å². The Morgan fingerprint density at radius 2 is 2.15 bits per heavy atom. The van der Waals surface area contributed by atoms with Crippen LogP contribution in [0.4, 0.5) is 4.79 Å². The van der Waals surface area contributed by atoms with Crippen molar-refractivity contribution >= 4 is 41.2 Å². The topological polar surface area (TPSA) is 77.2 Å². The summed E-state index contributed by atoms with van der Waals surface area (Å²) >= 11 is 9.11. The maximum atomic E-state index is 12.1. The Morgan fingerprint density at radius 3 is 2.81 bits per heavy atom. The molecule has 0 bridgehead atoms. The normalized spacial score (nSPS) is 12.6. The maximum Gasteiger partial charge on any atom is 0.408 e. The summed E-state index contributed by atoms with van der Waals surface area (Å²) in [6.07, 6.45) is 2.17. The van der Waals surface area contributed by atoms with Gasteiger partial charge in [-0.3, -0.25) is 0 Å². The fourth-order valence-electron chi connectivity index (χ4n) is 2.13. The summed E-state index contributed by atoms with van der Waals surface area (Å²) in [6, 6.07) is 7.23. The summed E-state index contributed by atoms with van der Waals surface area (Å²) in [5.74, 6) is 1.88. The van der Waals surface area contributed by atoms with Crippen LogP contribution >= 0.6 is 35.1 Å². The van der Waals surface area contributed by atoms with E-state index in [-0.39, 0.29) is 6.04 Å². The highest BCUT2D eigenvalue weighted by atomic mass is 35.5. The van der Waals surface area contributed by atoms with Gasteiger partial charge in [0.15, 0.2) is 0 Å². The molecule has 1 aromatic carbocycles. The van der Waals surface area contributed by atoms with Crippen molar-refractivity contribution in [2.45, 2.75) is 49.8 Å². The number of ether oxygens (including phenoxy) is 1. The molecule has 2 rings (SSSR count). The molecule has 1 unspecified atom stereocenters. The third-order valence-corrected chi connectivity index (χ3v) is 5.04. The first-order valence-electron chi connectivity index (χ1n) is 8.46. The second kappa shape index (κ2) is 10.2. The Bertz CT molecular complexity index is 749. The SMILES string of the molecule is CSCCC(NC(=O)OC(C)(C)C)c1nnc(SCc2cccc(Cl)c2)o1. The van der Waals surface area contributed by atoms with Crippen LogP contribution in [0.2, 0.25) is 5.02 Å². The zero-order chi connectivity index (χ0) is 19.9. The zero-order valence-electron chi connectivity index (χ0n) is 15.8. The second-order valence-electron chi connectivity index (χ2n) is 6.81. The average molecular weight is 430 g/mol. The van der Waals surface area contributed by atoms with Crippen LogP contribution in [0.25, 0.3) is 0 Å². The van der Waals surface area contributed by atoms with Crippen LogP contribution in [0.5, 0.6) is 0 Å². The first-order valence-corrected chi connectivity index (χ1v) is 11.2. The molecule has 1 amide bonds. The molecule has 0 fully saturated rings. The summed E-state index contributed by atoms with van der Waals surface area (Å²) < 4.78 is 11.1. The monoisotopic (exact) mass is 429 g/mol. The van der Waals surface area contributed by atoms with Crippen LogP contribution in [0.3, 0.4) is 0 Å². The third kappa shape index (κ3) is 8.02. The van der Waals surface area contributed by atoms with Crippen LogP contribution in [0, 0.1) is 0 Å². The van der Waals surface area contributed by atoms with E-state index in [4.69, 9.17) is 20.8 Å². The first-order chi connectivity index (χ1) is 12.8. The molecule has 0 saturated heterocycles. The number of hydrogen-bond acceptors (Lipinski definition) is 7. The van der Waals surface area contributed by atoms with Crippen molar-refractivity contribution in [3.63, 3.8) is 0 Å². The first kappa shape index (κ1) is 21.9. The number of nitrogens with zero attached hydrogens (tertiary/aromatic N) is 2. The average Bonchev–Trinajstić information content (AvgIpc) is 3.04. The van der Waals surface area contributed by atoms with Gasteiger partial charge < -0.3 is 14.5 Å². The van der Waals surface area contributed by atoms with Crippen molar-refractivity contribution in [1.82, 2.24) is 15.5 Å². The Hall–Kier alpha value is -1.38. The van der Waals surface area contributed by atoms with E-state index in [0.717, 1.165) is 11.3 Å². The van der Waals surface area contributed by atoms with Crippen molar-refractivity contribution in [3.8, 4) is 0 Å². The van der Waals surface area contributed by atoms with Gasteiger partial charge in [0.1, 0.15) is 11.6 Å². The predicted molar refractivity (Wildman–Crippen MR) is 110 cm³/mol. The van der Waals surface area contributed by atoms with Crippen molar-refractivity contribution in [3.05, 3.63) is 40.7 Å². The number of carbonyl (C=O) groups excluding carboxylic acids is 1. The lowest BCUT2D eigenvalue weighted by Gasteiger charge is -2.22. The number of amides is 1. The summed E-state index contributed by atoms with van der Waals surface area (Å²) in [6.45, 7) is 5.46. The molecule has 27 heavy (non-hydrogen) atoms. The molecule has 0 aliphatic heterocycles. The number of nitrogens with one attached hydrogen (secondary N) is 1. The summed E-state index contributed by atoms with van der Waals surface area (Å²) in [4.78, 5) is 12.1. The van der Waals surface area contributed by atoms with Gasteiger partial charge in [-0.05, 0) is 56.9 Å². The minimum atomic E-state index is -0.569. The van der Waals surface area contributed by atoms with Crippen LogP contribution in [0.1, 0.15) is 44.7 Å². The highest BCUT2D eigenvalue weighted by molar-refractivity contribution is 7.98. The van der Waals surface area contributed by atoms with E-state index in [2.05, 4.69) is 15.5 Å². The predicted octanol–water partition coefficient (Wildman–Crippen LogP) is 5.33. The lowest BCUT2D eigenvalue weighted by atomic mass is 10.2. The van der Waals surface area contributed by atoms with Gasteiger partial charge in [-0.2, -0.15) is 11.8 Å². The number of benzene rings is 1. The van der Waals surface area contributed by atoms with E-state index in [1.807, 2.05) is 51.3 Å². The molecule has 1 aromatic heterocycles. The van der Waals surface area contributed by atoms with Crippen molar-refractivity contribution < 1.29 is 13.9 Å². The number of alkyl carbamates (subject to hydrolysis) is 1. The molecular weight excluding hydrogens is 406 g/mol. The Balaban J connectivity index is 2.00.